The molecule has 2 aromatic rings. The molecule has 0 spiro atoms. The van der Waals surface area contributed by atoms with Crippen LogP contribution in [0, 0.1) is 0 Å². The van der Waals surface area contributed by atoms with Crippen molar-refractivity contribution in [1.82, 2.24) is 11.0 Å². The topological polar surface area (TPSA) is 68.8 Å². The van der Waals surface area contributed by atoms with E-state index in [4.69, 9.17) is 5.11 Å². The third-order valence-corrected chi connectivity index (χ3v) is 3.73. The third kappa shape index (κ3) is 5.53. The van der Waals surface area contributed by atoms with Gasteiger partial charge in [0.15, 0.2) is 0 Å². The summed E-state index contributed by atoms with van der Waals surface area (Å²) in [5, 5.41) is 13.8. The summed E-state index contributed by atoms with van der Waals surface area (Å²) in [7, 11) is 0. The standard InChI is InChI=1S/C18H19F3N4O2/c19-18(20,21)27-17-8-6-13(7-9-17)22-14-3-1-5-16(11-14)25-12-15(23-24-25)4-2-10-26/h1,3,5-9,11-12,22-24,26H,2,4,10H2. The number of rotatable bonds is 7. The molecular weight excluding hydrogens is 361 g/mol. The highest BCUT2D eigenvalue weighted by Gasteiger charge is 2.30. The van der Waals surface area contributed by atoms with Gasteiger partial charge in [0.2, 0.25) is 0 Å². The average molecular weight is 380 g/mol. The van der Waals surface area contributed by atoms with Gasteiger partial charge in [-0.3, -0.25) is 5.01 Å². The second kappa shape index (κ2) is 8.19. The molecule has 0 amide bonds. The van der Waals surface area contributed by atoms with Crippen molar-refractivity contribution in [3.05, 3.63) is 60.4 Å². The minimum absolute atomic E-state index is 0.130. The number of ether oxygens (including phenoxy) is 1. The van der Waals surface area contributed by atoms with E-state index in [1.165, 1.54) is 24.3 Å². The summed E-state index contributed by atoms with van der Waals surface area (Å²) in [4.78, 5) is 0. The predicted molar refractivity (Wildman–Crippen MR) is 96.0 cm³/mol. The molecule has 3 rings (SSSR count). The van der Waals surface area contributed by atoms with Crippen LogP contribution in [0.2, 0.25) is 0 Å². The summed E-state index contributed by atoms with van der Waals surface area (Å²) in [5.41, 5.74) is 9.28. The summed E-state index contributed by atoms with van der Waals surface area (Å²) >= 11 is 0. The fraction of sp³-hybridized carbons (Fsp3) is 0.222. The van der Waals surface area contributed by atoms with E-state index in [-0.39, 0.29) is 12.4 Å². The second-order valence-electron chi connectivity index (χ2n) is 5.84. The van der Waals surface area contributed by atoms with Gasteiger partial charge in [0.05, 0.1) is 5.69 Å². The summed E-state index contributed by atoms with van der Waals surface area (Å²) in [6.07, 6.45) is -1.41. The van der Waals surface area contributed by atoms with Gasteiger partial charge in [-0.2, -0.15) is 0 Å². The Bertz CT molecular complexity index is 794. The molecule has 1 aliphatic heterocycles. The lowest BCUT2D eigenvalue weighted by Gasteiger charge is -2.17. The van der Waals surface area contributed by atoms with Crippen LogP contribution in [0.15, 0.2) is 60.4 Å². The predicted octanol–water partition coefficient (Wildman–Crippen LogP) is 3.77. The van der Waals surface area contributed by atoms with Crippen molar-refractivity contribution >= 4 is 17.1 Å². The Labute approximate surface area is 154 Å². The number of aliphatic hydroxyl groups is 1. The average Bonchev–Trinajstić information content (AvgIpc) is 3.10. The van der Waals surface area contributed by atoms with E-state index < -0.39 is 6.36 Å². The SMILES string of the molecule is OCCCC1=CN(c2cccc(Nc3ccc(OC(F)(F)F)cc3)c2)NN1. The van der Waals surface area contributed by atoms with E-state index in [2.05, 4.69) is 21.0 Å². The van der Waals surface area contributed by atoms with Crippen molar-refractivity contribution in [2.45, 2.75) is 19.2 Å². The van der Waals surface area contributed by atoms with Crippen LogP contribution in [0.3, 0.4) is 0 Å². The van der Waals surface area contributed by atoms with Gasteiger partial charge in [0, 0.05) is 29.9 Å². The van der Waals surface area contributed by atoms with Gasteiger partial charge in [-0.1, -0.05) is 6.07 Å². The monoisotopic (exact) mass is 380 g/mol. The van der Waals surface area contributed by atoms with Gasteiger partial charge in [-0.05, 0) is 55.3 Å². The maximum absolute atomic E-state index is 12.2. The first-order valence-corrected chi connectivity index (χ1v) is 8.28. The molecule has 1 aliphatic rings. The molecule has 0 aromatic heterocycles. The number of nitrogens with zero attached hydrogens (tertiary/aromatic N) is 1. The van der Waals surface area contributed by atoms with Crippen LogP contribution in [0.25, 0.3) is 0 Å². The molecule has 2 aromatic carbocycles. The zero-order chi connectivity index (χ0) is 19.3. The smallest absolute Gasteiger partial charge is 0.406 e. The maximum Gasteiger partial charge on any atom is 0.573 e. The molecular formula is C18H19F3N4O2. The Morgan fingerprint density at radius 2 is 1.85 bits per heavy atom. The van der Waals surface area contributed by atoms with Crippen LogP contribution in [-0.4, -0.2) is 18.1 Å². The summed E-state index contributed by atoms with van der Waals surface area (Å²) in [5.74, 6) is -0.269. The molecule has 1 heterocycles. The molecule has 0 radical (unpaired) electrons. The van der Waals surface area contributed by atoms with E-state index in [1.807, 2.05) is 30.5 Å². The third-order valence-electron chi connectivity index (χ3n) is 3.73. The Hall–Kier alpha value is -2.91. The van der Waals surface area contributed by atoms with Crippen molar-refractivity contribution in [2.75, 3.05) is 16.9 Å². The van der Waals surface area contributed by atoms with Gasteiger partial charge >= 0.3 is 6.36 Å². The number of halogens is 3. The van der Waals surface area contributed by atoms with E-state index in [1.54, 1.807) is 5.01 Å². The lowest BCUT2D eigenvalue weighted by atomic mass is 10.2. The molecule has 0 aliphatic carbocycles. The largest absolute Gasteiger partial charge is 0.573 e. The van der Waals surface area contributed by atoms with E-state index in [9.17, 15) is 13.2 Å². The lowest BCUT2D eigenvalue weighted by Crippen LogP contribution is -2.36. The van der Waals surface area contributed by atoms with Crippen LogP contribution in [0.5, 0.6) is 5.75 Å². The molecule has 27 heavy (non-hydrogen) atoms. The van der Waals surface area contributed by atoms with E-state index in [0.29, 0.717) is 12.1 Å². The van der Waals surface area contributed by atoms with Crippen LogP contribution in [-0.2, 0) is 0 Å². The van der Waals surface area contributed by atoms with Crippen molar-refractivity contribution in [1.29, 1.82) is 0 Å². The lowest BCUT2D eigenvalue weighted by molar-refractivity contribution is -0.274. The first-order valence-electron chi connectivity index (χ1n) is 8.28. The minimum Gasteiger partial charge on any atom is -0.406 e. The second-order valence-corrected chi connectivity index (χ2v) is 5.84. The Balaban J connectivity index is 1.65. The highest BCUT2D eigenvalue weighted by atomic mass is 19.4. The van der Waals surface area contributed by atoms with Crippen molar-refractivity contribution in [3.8, 4) is 5.75 Å². The first kappa shape index (κ1) is 18.9. The zero-order valence-corrected chi connectivity index (χ0v) is 14.3. The van der Waals surface area contributed by atoms with Gasteiger partial charge in [0.1, 0.15) is 5.75 Å². The number of aliphatic hydroxyl groups excluding tert-OH is 1. The van der Waals surface area contributed by atoms with E-state index in [0.717, 1.165) is 23.5 Å². The number of nitrogens with one attached hydrogen (secondary N) is 3. The molecule has 0 saturated carbocycles. The fourth-order valence-corrected chi connectivity index (χ4v) is 2.53. The molecule has 6 nitrogen and oxygen atoms in total. The quantitative estimate of drug-likeness (QED) is 0.586. The molecule has 144 valence electrons. The first-order chi connectivity index (χ1) is 12.9. The van der Waals surface area contributed by atoms with Crippen LogP contribution in [0.4, 0.5) is 30.2 Å². The van der Waals surface area contributed by atoms with E-state index >= 15 is 0 Å². The molecule has 0 unspecified atom stereocenters. The highest BCUT2D eigenvalue weighted by molar-refractivity contribution is 5.66. The normalized spacial score (nSPS) is 13.9. The summed E-state index contributed by atoms with van der Waals surface area (Å²) < 4.78 is 40.5. The number of anilines is 3. The fourth-order valence-electron chi connectivity index (χ4n) is 2.53. The van der Waals surface area contributed by atoms with Crippen molar-refractivity contribution in [2.24, 2.45) is 0 Å². The Morgan fingerprint density at radius 3 is 2.56 bits per heavy atom. The minimum atomic E-state index is -4.70. The number of hydrogen-bond acceptors (Lipinski definition) is 6. The molecule has 4 N–H and O–H groups in total. The van der Waals surface area contributed by atoms with Gasteiger partial charge in [-0.15, -0.1) is 18.7 Å². The van der Waals surface area contributed by atoms with Gasteiger partial charge in [0.25, 0.3) is 0 Å². The molecule has 9 heteroatoms. The Morgan fingerprint density at radius 1 is 1.07 bits per heavy atom. The number of alkyl halides is 3. The van der Waals surface area contributed by atoms with Crippen LogP contribution < -0.4 is 26.0 Å². The summed E-state index contributed by atoms with van der Waals surface area (Å²) in [6, 6.07) is 13.0. The number of benzene rings is 2. The van der Waals surface area contributed by atoms with Gasteiger partial charge < -0.3 is 20.6 Å². The zero-order valence-electron chi connectivity index (χ0n) is 14.3. The Kier molecular flexibility index (Phi) is 5.72. The van der Waals surface area contributed by atoms with Gasteiger partial charge in [-0.25, -0.2) is 0 Å². The molecule has 0 fully saturated rings. The maximum atomic E-state index is 12.2. The van der Waals surface area contributed by atoms with Crippen molar-refractivity contribution in [3.63, 3.8) is 0 Å². The molecule has 0 bridgehead atoms. The highest BCUT2D eigenvalue weighted by Crippen LogP contribution is 2.27. The van der Waals surface area contributed by atoms with Crippen LogP contribution in [0.1, 0.15) is 12.8 Å². The molecule has 0 atom stereocenters. The molecule has 0 saturated heterocycles. The number of hydrazine groups is 2. The number of allylic oxidation sites excluding steroid dienone is 1. The van der Waals surface area contributed by atoms with Crippen molar-refractivity contribution < 1.29 is 23.0 Å². The summed E-state index contributed by atoms with van der Waals surface area (Å²) in [6.45, 7) is 0.130. The van der Waals surface area contributed by atoms with Crippen LogP contribution >= 0.6 is 0 Å². The number of hydrogen-bond donors (Lipinski definition) is 4.